The first-order chi connectivity index (χ1) is 15.2. The van der Waals surface area contributed by atoms with Crippen LogP contribution in [-0.4, -0.2) is 22.6 Å². The molecule has 0 atom stereocenters. The lowest BCUT2D eigenvalue weighted by molar-refractivity contribution is -0.116. The highest BCUT2D eigenvalue weighted by Gasteiger charge is 2.13. The molecule has 0 aliphatic heterocycles. The Hall–Kier alpha value is -3.10. The molecule has 0 spiro atoms. The molecule has 0 saturated heterocycles. The third-order valence-electron chi connectivity index (χ3n) is 4.50. The Balaban J connectivity index is 1.25. The number of anilines is 1. The maximum absolute atomic E-state index is 12.5. The summed E-state index contributed by atoms with van der Waals surface area (Å²) >= 11 is 3.33. The van der Waals surface area contributed by atoms with Crippen LogP contribution in [-0.2, 0) is 11.3 Å². The second-order valence-electron chi connectivity index (χ2n) is 6.76. The molecule has 2 heterocycles. The molecule has 0 bridgehead atoms. The summed E-state index contributed by atoms with van der Waals surface area (Å²) in [6.07, 6.45) is 2.66. The first kappa shape index (κ1) is 21.1. The number of hydrogen-bond donors (Lipinski definition) is 2. The molecule has 0 saturated carbocycles. The third kappa shape index (κ3) is 5.74. The van der Waals surface area contributed by atoms with Crippen molar-refractivity contribution in [2.45, 2.75) is 23.7 Å². The Morgan fingerprint density at radius 1 is 1.03 bits per heavy atom. The Morgan fingerprint density at radius 3 is 2.71 bits per heavy atom. The number of thioether (sulfide) groups is 1. The van der Waals surface area contributed by atoms with Gasteiger partial charge in [0.2, 0.25) is 5.91 Å². The quantitative estimate of drug-likeness (QED) is 0.265. The van der Waals surface area contributed by atoms with E-state index in [1.165, 1.54) is 4.70 Å². The molecule has 0 fully saturated rings. The minimum absolute atomic E-state index is 0.115. The van der Waals surface area contributed by atoms with Crippen molar-refractivity contribution in [1.29, 1.82) is 0 Å². The van der Waals surface area contributed by atoms with Gasteiger partial charge in [0.05, 0.1) is 34.3 Å². The Labute approximate surface area is 188 Å². The molecule has 2 aromatic carbocycles. The molecule has 0 unspecified atom stereocenters. The van der Waals surface area contributed by atoms with Gasteiger partial charge in [0.1, 0.15) is 5.76 Å². The van der Waals surface area contributed by atoms with Gasteiger partial charge < -0.3 is 15.1 Å². The molecule has 2 amide bonds. The highest BCUT2D eigenvalue weighted by Crippen LogP contribution is 2.29. The lowest BCUT2D eigenvalue weighted by Gasteiger charge is -2.11. The van der Waals surface area contributed by atoms with E-state index in [1.807, 2.05) is 18.2 Å². The van der Waals surface area contributed by atoms with Gasteiger partial charge in [-0.1, -0.05) is 36.0 Å². The van der Waals surface area contributed by atoms with Crippen molar-refractivity contribution in [2.24, 2.45) is 0 Å². The number of benzene rings is 2. The van der Waals surface area contributed by atoms with Gasteiger partial charge in [0, 0.05) is 12.2 Å². The summed E-state index contributed by atoms with van der Waals surface area (Å²) in [5.41, 5.74) is 1.93. The van der Waals surface area contributed by atoms with Gasteiger partial charge in [-0.25, -0.2) is 4.98 Å². The maximum atomic E-state index is 12.5. The summed E-state index contributed by atoms with van der Waals surface area (Å²) < 4.78 is 7.41. The van der Waals surface area contributed by atoms with Gasteiger partial charge in [-0.05, 0) is 42.8 Å². The van der Waals surface area contributed by atoms with E-state index in [0.29, 0.717) is 23.4 Å². The molecule has 2 aromatic heterocycles. The van der Waals surface area contributed by atoms with Crippen LogP contribution in [0.2, 0.25) is 0 Å². The maximum Gasteiger partial charge on any atom is 0.253 e. The first-order valence-electron chi connectivity index (χ1n) is 9.87. The monoisotopic (exact) mass is 451 g/mol. The number of amides is 2. The molecular weight excluding hydrogens is 430 g/mol. The van der Waals surface area contributed by atoms with Gasteiger partial charge in [-0.2, -0.15) is 0 Å². The van der Waals surface area contributed by atoms with Crippen molar-refractivity contribution in [3.63, 3.8) is 0 Å². The number of aromatic nitrogens is 1. The minimum Gasteiger partial charge on any atom is -0.467 e. The van der Waals surface area contributed by atoms with Gasteiger partial charge in [-0.15, -0.1) is 11.3 Å². The van der Waals surface area contributed by atoms with Crippen LogP contribution in [0.25, 0.3) is 10.2 Å². The molecule has 4 aromatic rings. The first-order valence-corrected chi connectivity index (χ1v) is 11.7. The van der Waals surface area contributed by atoms with Crippen molar-refractivity contribution in [3.8, 4) is 0 Å². The number of fused-ring (bicyclic) bond motifs is 1. The largest absolute Gasteiger partial charge is 0.467 e. The normalized spacial score (nSPS) is 10.8. The van der Waals surface area contributed by atoms with E-state index in [4.69, 9.17) is 4.42 Å². The molecule has 8 heteroatoms. The van der Waals surface area contributed by atoms with Crippen molar-refractivity contribution < 1.29 is 14.0 Å². The number of rotatable bonds is 9. The molecule has 31 heavy (non-hydrogen) atoms. The zero-order chi connectivity index (χ0) is 21.5. The smallest absolute Gasteiger partial charge is 0.253 e. The van der Waals surface area contributed by atoms with Crippen molar-refractivity contribution in [1.82, 2.24) is 10.3 Å². The topological polar surface area (TPSA) is 84.2 Å². The molecule has 4 rings (SSSR count). The molecule has 158 valence electrons. The van der Waals surface area contributed by atoms with Gasteiger partial charge >= 0.3 is 0 Å². The van der Waals surface area contributed by atoms with Crippen LogP contribution in [0.15, 0.2) is 75.7 Å². The van der Waals surface area contributed by atoms with Crippen molar-refractivity contribution in [3.05, 3.63) is 78.3 Å². The number of hydrogen-bond acceptors (Lipinski definition) is 6. The lowest BCUT2D eigenvalue weighted by atomic mass is 10.1. The summed E-state index contributed by atoms with van der Waals surface area (Å²) in [5.74, 6) is 1.09. The van der Waals surface area contributed by atoms with E-state index in [-0.39, 0.29) is 18.4 Å². The summed E-state index contributed by atoms with van der Waals surface area (Å²) in [6.45, 7) is 0.289. The van der Waals surface area contributed by atoms with Crippen LogP contribution in [0.4, 0.5) is 5.69 Å². The number of carbonyl (C=O) groups is 2. The van der Waals surface area contributed by atoms with E-state index in [0.717, 1.165) is 22.0 Å². The standard InChI is InChI=1S/C23H21N3O3S2/c27-21(12-6-14-30-23-26-19-10-3-4-11-20(19)31-23)25-18-9-2-1-8-17(18)22(28)24-15-16-7-5-13-29-16/h1-5,7-11,13H,6,12,14-15H2,(H,24,28)(H,25,27). The van der Waals surface area contributed by atoms with Gasteiger partial charge in [-0.3, -0.25) is 9.59 Å². The summed E-state index contributed by atoms with van der Waals surface area (Å²) in [5, 5.41) is 5.66. The molecular formula is C23H21N3O3S2. The predicted octanol–water partition coefficient (Wildman–Crippen LogP) is 5.33. The van der Waals surface area contributed by atoms with Crippen LogP contribution >= 0.6 is 23.1 Å². The average Bonchev–Trinajstić information content (AvgIpc) is 3.45. The lowest BCUT2D eigenvalue weighted by Crippen LogP contribution is -2.24. The fourth-order valence-corrected chi connectivity index (χ4v) is 5.06. The Morgan fingerprint density at radius 2 is 1.87 bits per heavy atom. The van der Waals surface area contributed by atoms with E-state index in [2.05, 4.69) is 21.7 Å². The number of para-hydroxylation sites is 2. The van der Waals surface area contributed by atoms with E-state index >= 15 is 0 Å². The zero-order valence-electron chi connectivity index (χ0n) is 16.7. The van der Waals surface area contributed by atoms with Crippen LogP contribution in [0, 0.1) is 0 Å². The molecule has 0 aliphatic carbocycles. The van der Waals surface area contributed by atoms with Crippen LogP contribution in [0.5, 0.6) is 0 Å². The minimum atomic E-state index is -0.265. The molecule has 0 aliphatic rings. The number of furan rings is 1. The SMILES string of the molecule is O=C(CCCSc1nc2ccccc2s1)Nc1ccccc1C(=O)NCc1ccco1. The summed E-state index contributed by atoms with van der Waals surface area (Å²) in [4.78, 5) is 29.5. The Bertz CT molecular complexity index is 1140. The van der Waals surface area contributed by atoms with E-state index < -0.39 is 0 Å². The average molecular weight is 452 g/mol. The zero-order valence-corrected chi connectivity index (χ0v) is 18.3. The van der Waals surface area contributed by atoms with Crippen LogP contribution in [0.1, 0.15) is 29.0 Å². The highest BCUT2D eigenvalue weighted by atomic mass is 32.2. The van der Waals surface area contributed by atoms with Crippen molar-refractivity contribution >= 4 is 50.8 Å². The highest BCUT2D eigenvalue weighted by molar-refractivity contribution is 8.01. The number of nitrogens with one attached hydrogen (secondary N) is 2. The Kier molecular flexibility index (Phi) is 7.01. The number of carbonyl (C=O) groups excluding carboxylic acids is 2. The predicted molar refractivity (Wildman–Crippen MR) is 125 cm³/mol. The summed E-state index contributed by atoms with van der Waals surface area (Å²) in [7, 11) is 0. The molecule has 6 nitrogen and oxygen atoms in total. The number of nitrogens with zero attached hydrogens (tertiary/aromatic N) is 1. The van der Waals surface area contributed by atoms with Crippen LogP contribution < -0.4 is 10.6 Å². The summed E-state index contributed by atoms with van der Waals surface area (Å²) in [6, 6.07) is 18.6. The number of thiazole rings is 1. The second-order valence-corrected chi connectivity index (χ2v) is 9.13. The molecule has 0 radical (unpaired) electrons. The third-order valence-corrected chi connectivity index (χ3v) is 6.76. The fourth-order valence-electron chi connectivity index (χ4n) is 2.98. The van der Waals surface area contributed by atoms with E-state index in [9.17, 15) is 9.59 Å². The van der Waals surface area contributed by atoms with Crippen LogP contribution in [0.3, 0.4) is 0 Å². The van der Waals surface area contributed by atoms with Gasteiger partial charge in [0.15, 0.2) is 4.34 Å². The molecule has 2 N–H and O–H groups in total. The second kappa shape index (κ2) is 10.3. The fraction of sp³-hybridized carbons (Fsp3) is 0.174. The van der Waals surface area contributed by atoms with Crippen molar-refractivity contribution in [2.75, 3.05) is 11.1 Å². The van der Waals surface area contributed by atoms with E-state index in [1.54, 1.807) is 65.8 Å². The van der Waals surface area contributed by atoms with Gasteiger partial charge in [0.25, 0.3) is 5.91 Å².